The fourth-order valence-corrected chi connectivity index (χ4v) is 12.7. The lowest BCUT2D eigenvalue weighted by Crippen LogP contribution is -2.46. The third-order valence-electron chi connectivity index (χ3n) is 10.9. The van der Waals surface area contributed by atoms with E-state index in [1.165, 1.54) is 21.6 Å². The molecular weight excluding hydrogens is 804 g/mol. The monoisotopic (exact) mass is 828 g/mol. The van der Waals surface area contributed by atoms with Gasteiger partial charge in [-0.1, -0.05) is 33.7 Å². The predicted octanol–water partition coefficient (Wildman–Crippen LogP) is 4.56. The van der Waals surface area contributed by atoms with Gasteiger partial charge in [0.15, 0.2) is 23.1 Å². The number of ketones is 2. The Bertz CT molecular complexity index is 2380. The van der Waals surface area contributed by atoms with E-state index in [0.29, 0.717) is 70.7 Å². The van der Waals surface area contributed by atoms with Crippen LogP contribution in [0.25, 0.3) is 11.1 Å². The van der Waals surface area contributed by atoms with Gasteiger partial charge in [-0.05, 0) is 80.8 Å². The molecule has 50 heavy (non-hydrogen) atoms. The molecule has 0 amide bonds. The minimum Gasteiger partial charge on any atom is -0.504 e. The van der Waals surface area contributed by atoms with Gasteiger partial charge in [0.05, 0.1) is 41.9 Å². The number of carbonyl (C=O) groups excluding carboxylic acids is 2. The molecule has 10 rings (SSSR count). The number of phenolic OH excluding ortho intramolecular Hbond substituents is 2. The van der Waals surface area contributed by atoms with Gasteiger partial charge in [0.2, 0.25) is 0 Å². The van der Waals surface area contributed by atoms with Crippen LogP contribution in [0.3, 0.4) is 0 Å². The lowest BCUT2D eigenvalue weighted by Gasteiger charge is -2.43. The number of hydrogen-bond donors (Lipinski definition) is 4. The van der Waals surface area contributed by atoms with E-state index in [4.69, 9.17) is 9.98 Å². The van der Waals surface area contributed by atoms with Gasteiger partial charge >= 0.3 is 0 Å². The molecule has 0 saturated carbocycles. The Morgan fingerprint density at radius 3 is 1.58 bits per heavy atom. The molecule has 0 radical (unpaired) electrons. The second-order valence-corrected chi connectivity index (χ2v) is 17.3. The summed E-state index contributed by atoms with van der Waals surface area (Å²) in [6.07, 6.45) is 13.7. The van der Waals surface area contributed by atoms with Crippen molar-refractivity contribution in [2.24, 2.45) is 20.0 Å². The van der Waals surface area contributed by atoms with Crippen molar-refractivity contribution in [2.45, 2.75) is 36.5 Å². The number of nitrogens with one attached hydrogen (secondary N) is 2. The van der Waals surface area contributed by atoms with Crippen molar-refractivity contribution in [3.8, 4) is 11.5 Å². The Morgan fingerprint density at radius 2 is 1.14 bits per heavy atom. The number of nitrogens with zero attached hydrogens (tertiary/aromatic N) is 4. The molecule has 0 bridgehead atoms. The van der Waals surface area contributed by atoms with Crippen molar-refractivity contribution in [1.29, 1.82) is 0 Å². The van der Waals surface area contributed by atoms with Gasteiger partial charge in [-0.15, -0.1) is 0 Å². The summed E-state index contributed by atoms with van der Waals surface area (Å²) >= 11 is 7.11. The van der Waals surface area contributed by atoms with Crippen LogP contribution >= 0.6 is 53.4 Å². The van der Waals surface area contributed by atoms with Crippen LogP contribution in [-0.4, -0.2) is 60.4 Å². The first-order chi connectivity index (χ1) is 24.2. The summed E-state index contributed by atoms with van der Waals surface area (Å²) < 4.78 is 0.898. The van der Waals surface area contributed by atoms with Crippen LogP contribution in [0.5, 0.6) is 11.5 Å². The van der Waals surface area contributed by atoms with Crippen molar-refractivity contribution < 1.29 is 19.8 Å². The molecule has 14 heteroatoms. The molecular formula is C36H26Br2N6O4S2. The summed E-state index contributed by atoms with van der Waals surface area (Å²) in [7, 11) is 2.91. The number of phenols is 2. The SMILES string of the molecule is O=C1C=C(SSC2=CC(=O)C(Br)=C[C@]23CCNc2c(O)c4c5c(c23)=NCCC=5C=N4)[C@]2(C=C1Br)CCNc1c(O)c3c4c(c12)=NCCC=4C=N3. The van der Waals surface area contributed by atoms with Crippen LogP contribution < -0.4 is 31.8 Å². The number of aliphatic imine (C=N–C) groups is 2. The van der Waals surface area contributed by atoms with Crippen molar-refractivity contribution in [3.05, 3.63) is 75.4 Å². The van der Waals surface area contributed by atoms with E-state index in [2.05, 4.69) is 52.5 Å². The minimum absolute atomic E-state index is 0.0886. The first-order valence-corrected chi connectivity index (χ1v) is 20.1. The molecule has 2 spiro atoms. The van der Waals surface area contributed by atoms with Crippen molar-refractivity contribution in [1.82, 2.24) is 0 Å². The van der Waals surface area contributed by atoms with Gasteiger partial charge in [0.1, 0.15) is 11.4 Å². The normalized spacial score (nSPS) is 26.2. The second-order valence-electron chi connectivity index (χ2n) is 13.4. The van der Waals surface area contributed by atoms with E-state index in [1.807, 2.05) is 24.6 Å². The second kappa shape index (κ2) is 10.9. The van der Waals surface area contributed by atoms with E-state index in [0.717, 1.165) is 66.1 Å². The molecule has 2 aliphatic carbocycles. The number of halogens is 2. The Labute approximate surface area is 309 Å². The fourth-order valence-electron chi connectivity index (χ4n) is 8.62. The highest BCUT2D eigenvalue weighted by molar-refractivity contribution is 9.12. The summed E-state index contributed by atoms with van der Waals surface area (Å²) in [6.45, 7) is 2.30. The van der Waals surface area contributed by atoms with E-state index in [9.17, 15) is 19.8 Å². The van der Waals surface area contributed by atoms with Crippen molar-refractivity contribution in [3.63, 3.8) is 0 Å². The fraction of sp³-hybridized carbons (Fsp3) is 0.278. The van der Waals surface area contributed by atoms with Crippen LogP contribution in [0.4, 0.5) is 22.7 Å². The van der Waals surface area contributed by atoms with Crippen LogP contribution in [0, 0.1) is 0 Å². The van der Waals surface area contributed by atoms with Gasteiger partial charge in [-0.3, -0.25) is 29.6 Å². The highest BCUT2D eigenvalue weighted by atomic mass is 79.9. The third kappa shape index (κ3) is 4.04. The Kier molecular flexibility index (Phi) is 6.76. The first-order valence-electron chi connectivity index (χ1n) is 16.4. The topological polar surface area (TPSA) is 148 Å². The zero-order valence-electron chi connectivity index (χ0n) is 26.2. The van der Waals surface area contributed by atoms with E-state index in [1.54, 1.807) is 12.2 Å². The standard InChI is InChI=1S/C36H26Br2N6O4S2/c37-17-11-35(3-7-41-31-25(35)27-23-15(1-5-39-27)13-43-29(23)33(31)47)21(9-19(17)45)49-50-22-10-20(46)18(38)12-36(22)4-8-42-32-26(36)28-24-16(2-6-40-28)14-44-30(24)34(32)48/h9-14,41-42,47-48H,1-8H2/t35-,36-/m1/s1. The van der Waals surface area contributed by atoms with Crippen molar-refractivity contribution in [2.75, 3.05) is 36.8 Å². The van der Waals surface area contributed by atoms with Crippen LogP contribution in [-0.2, 0) is 20.4 Å². The molecule has 0 fully saturated rings. The Balaban J connectivity index is 1.14. The average molecular weight is 831 g/mol. The zero-order chi connectivity index (χ0) is 34.1. The quantitative estimate of drug-likeness (QED) is 0.260. The van der Waals surface area contributed by atoms with Crippen LogP contribution in [0.2, 0.25) is 0 Å². The summed E-state index contributed by atoms with van der Waals surface area (Å²) in [5.74, 6) is -0.137. The largest absolute Gasteiger partial charge is 0.504 e. The van der Waals surface area contributed by atoms with Gasteiger partial charge in [-0.2, -0.15) is 0 Å². The maximum atomic E-state index is 13.4. The number of rotatable bonds is 3. The van der Waals surface area contributed by atoms with E-state index < -0.39 is 10.8 Å². The summed E-state index contributed by atoms with van der Waals surface area (Å²) in [5.41, 5.74) is 4.41. The average Bonchev–Trinajstić information content (AvgIpc) is 3.76. The number of aromatic hydroxyl groups is 2. The summed E-state index contributed by atoms with van der Waals surface area (Å²) in [6, 6.07) is 0. The van der Waals surface area contributed by atoms with Gasteiger partial charge in [0.25, 0.3) is 0 Å². The summed E-state index contributed by atoms with van der Waals surface area (Å²) in [4.78, 5) is 47.5. The Morgan fingerprint density at radius 1 is 0.700 bits per heavy atom. The third-order valence-corrected chi connectivity index (χ3v) is 14.8. The molecule has 0 saturated heterocycles. The number of carbonyl (C=O) groups is 2. The summed E-state index contributed by atoms with van der Waals surface area (Å²) in [5, 5.41) is 33.3. The lowest BCUT2D eigenvalue weighted by atomic mass is 9.71. The number of fused-ring (bicyclic) bond motifs is 6. The predicted molar refractivity (Wildman–Crippen MR) is 205 cm³/mol. The lowest BCUT2D eigenvalue weighted by molar-refractivity contribution is -0.111. The van der Waals surface area contributed by atoms with Gasteiger partial charge in [-0.25, -0.2) is 0 Å². The van der Waals surface area contributed by atoms with Gasteiger partial charge in [0, 0.05) is 70.0 Å². The Hall–Kier alpha value is -3.72. The maximum Gasteiger partial charge on any atom is 0.193 e. The first kappa shape index (κ1) is 31.1. The van der Waals surface area contributed by atoms with E-state index in [-0.39, 0.29) is 23.1 Å². The van der Waals surface area contributed by atoms with Gasteiger partial charge < -0.3 is 20.8 Å². The van der Waals surface area contributed by atoms with Crippen LogP contribution in [0.15, 0.2) is 63.0 Å². The molecule has 0 aromatic heterocycles. The highest BCUT2D eigenvalue weighted by Crippen LogP contribution is 2.60. The van der Waals surface area contributed by atoms with Crippen LogP contribution in [0.1, 0.15) is 36.8 Å². The number of allylic oxidation sites excluding steroid dienone is 8. The highest BCUT2D eigenvalue weighted by Gasteiger charge is 2.49. The van der Waals surface area contributed by atoms with Crippen molar-refractivity contribution >= 4 is 111 Å². The molecule has 2 atom stereocenters. The molecule has 10 nitrogen and oxygen atoms in total. The molecule has 2 aromatic carbocycles. The molecule has 4 N–H and O–H groups in total. The minimum atomic E-state index is -0.794. The molecule has 2 aromatic rings. The zero-order valence-corrected chi connectivity index (χ0v) is 31.0. The number of hydrogen-bond acceptors (Lipinski definition) is 12. The van der Waals surface area contributed by atoms with E-state index >= 15 is 0 Å². The molecule has 6 aliphatic heterocycles. The molecule has 8 aliphatic rings. The molecule has 6 heterocycles. The number of benzene rings is 2. The molecule has 250 valence electrons. The smallest absolute Gasteiger partial charge is 0.193 e. The molecule has 0 unspecified atom stereocenters. The number of anilines is 2. The maximum absolute atomic E-state index is 13.4.